The maximum atomic E-state index is 12.7. The van der Waals surface area contributed by atoms with Gasteiger partial charge in [-0.25, -0.2) is 9.48 Å². The van der Waals surface area contributed by atoms with Crippen LogP contribution in [0.2, 0.25) is 0 Å². The number of benzene rings is 1. The number of fused-ring (bicyclic) bond motifs is 2. The molecule has 0 radical (unpaired) electrons. The first-order valence-electron chi connectivity index (χ1n) is 9.67. The highest BCUT2D eigenvalue weighted by molar-refractivity contribution is 5.69. The molecule has 3 heterocycles. The molecule has 2 saturated heterocycles. The van der Waals surface area contributed by atoms with Crippen LogP contribution in [0, 0.1) is 0 Å². The molecule has 4 rings (SSSR count). The van der Waals surface area contributed by atoms with Gasteiger partial charge in [-0.15, -0.1) is 0 Å². The van der Waals surface area contributed by atoms with Gasteiger partial charge in [-0.1, -0.05) is 18.2 Å². The van der Waals surface area contributed by atoms with Crippen LogP contribution in [0.5, 0.6) is 0 Å². The molecule has 28 heavy (non-hydrogen) atoms. The lowest BCUT2D eigenvalue weighted by Gasteiger charge is -2.51. The molecule has 1 N–H and O–H groups in total. The van der Waals surface area contributed by atoms with Gasteiger partial charge in [-0.2, -0.15) is 5.10 Å². The smallest absolute Gasteiger partial charge is 0.410 e. The van der Waals surface area contributed by atoms with Crippen molar-refractivity contribution in [1.82, 2.24) is 14.7 Å². The van der Waals surface area contributed by atoms with E-state index >= 15 is 0 Å². The maximum absolute atomic E-state index is 12.7. The maximum Gasteiger partial charge on any atom is 0.410 e. The van der Waals surface area contributed by atoms with Crippen LogP contribution in [0.15, 0.2) is 42.7 Å². The Bertz CT molecular complexity index is 829. The molecule has 2 aliphatic rings. The highest BCUT2D eigenvalue weighted by Crippen LogP contribution is 2.41. The first-order chi connectivity index (χ1) is 13.3. The Morgan fingerprint density at radius 2 is 1.86 bits per heavy atom. The Balaban J connectivity index is 1.56. The predicted molar refractivity (Wildman–Crippen MR) is 103 cm³/mol. The number of ether oxygens (including phenoxy) is 2. The molecule has 2 bridgehead atoms. The van der Waals surface area contributed by atoms with Crippen molar-refractivity contribution in [1.29, 1.82) is 0 Å². The summed E-state index contributed by atoms with van der Waals surface area (Å²) in [6, 6.07) is 9.33. The van der Waals surface area contributed by atoms with Gasteiger partial charge in [-0.05, 0) is 32.9 Å². The number of hydrogen-bond acceptors (Lipinski definition) is 5. The number of amides is 1. The van der Waals surface area contributed by atoms with Crippen LogP contribution in [0.3, 0.4) is 0 Å². The third-order valence-electron chi connectivity index (χ3n) is 5.30. The van der Waals surface area contributed by atoms with Gasteiger partial charge in [0.25, 0.3) is 0 Å². The van der Waals surface area contributed by atoms with E-state index < -0.39 is 11.2 Å². The molecular formula is C21H27N3O4. The molecule has 2 atom stereocenters. The normalized spacial score (nSPS) is 27.5. The van der Waals surface area contributed by atoms with Crippen molar-refractivity contribution in [3.05, 3.63) is 48.3 Å². The molecule has 0 spiro atoms. The van der Waals surface area contributed by atoms with Crippen molar-refractivity contribution in [3.63, 3.8) is 0 Å². The second kappa shape index (κ2) is 6.90. The average molecular weight is 385 g/mol. The van der Waals surface area contributed by atoms with Crippen molar-refractivity contribution >= 4 is 6.09 Å². The molecule has 150 valence electrons. The van der Waals surface area contributed by atoms with Crippen molar-refractivity contribution < 1.29 is 19.4 Å². The summed E-state index contributed by atoms with van der Waals surface area (Å²) in [5.74, 6) is 0. The lowest BCUT2D eigenvalue weighted by atomic mass is 9.78. The Morgan fingerprint density at radius 3 is 2.46 bits per heavy atom. The molecule has 7 heteroatoms. The Morgan fingerprint density at radius 1 is 1.21 bits per heavy atom. The number of rotatable bonds is 2. The summed E-state index contributed by atoms with van der Waals surface area (Å²) in [7, 11) is 0. The summed E-state index contributed by atoms with van der Waals surface area (Å²) >= 11 is 0. The van der Waals surface area contributed by atoms with Crippen LogP contribution < -0.4 is 0 Å². The molecule has 2 fully saturated rings. The van der Waals surface area contributed by atoms with Crippen molar-refractivity contribution in [3.8, 4) is 5.69 Å². The minimum Gasteiger partial charge on any atom is -0.444 e. The first-order valence-corrected chi connectivity index (χ1v) is 9.67. The molecule has 0 saturated carbocycles. The summed E-state index contributed by atoms with van der Waals surface area (Å²) in [4.78, 5) is 14.5. The monoisotopic (exact) mass is 385 g/mol. The van der Waals surface area contributed by atoms with Crippen LogP contribution in [0.4, 0.5) is 4.79 Å². The van der Waals surface area contributed by atoms with E-state index in [4.69, 9.17) is 9.47 Å². The topological polar surface area (TPSA) is 76.8 Å². The molecule has 2 aliphatic heterocycles. The fraction of sp³-hybridized carbons (Fsp3) is 0.524. The Hall–Kier alpha value is -2.38. The third-order valence-corrected chi connectivity index (χ3v) is 5.30. The SMILES string of the molecule is CC(C)(C)OC(=O)N1C2COCC1CC(O)(c1cnn(-c3ccccc3)c1)C2. The molecule has 0 aliphatic carbocycles. The standard InChI is InChI=1S/C21H27N3O4/c1-20(2,3)28-19(25)24-17-9-21(26,10-18(24)14-27-13-17)15-11-22-23(12-15)16-7-5-4-6-8-16/h4-8,11-12,17-18,26H,9-10,13-14H2,1-3H3. The highest BCUT2D eigenvalue weighted by Gasteiger charge is 2.50. The van der Waals surface area contributed by atoms with Gasteiger partial charge in [0.15, 0.2) is 0 Å². The van der Waals surface area contributed by atoms with Gasteiger partial charge in [0.1, 0.15) is 5.60 Å². The number of carbonyl (C=O) groups is 1. The molecule has 1 amide bonds. The number of piperidine rings is 1. The minimum absolute atomic E-state index is 0.229. The second-order valence-electron chi connectivity index (χ2n) is 8.68. The fourth-order valence-electron chi connectivity index (χ4n) is 4.11. The fourth-order valence-corrected chi connectivity index (χ4v) is 4.11. The molecule has 1 aromatic heterocycles. The highest BCUT2D eigenvalue weighted by atomic mass is 16.6. The van der Waals surface area contributed by atoms with Gasteiger partial charge in [0, 0.05) is 24.6 Å². The largest absolute Gasteiger partial charge is 0.444 e. The number of para-hydroxylation sites is 1. The number of aliphatic hydroxyl groups is 1. The lowest BCUT2D eigenvalue weighted by Crippen LogP contribution is -2.63. The minimum atomic E-state index is -1.05. The van der Waals surface area contributed by atoms with Gasteiger partial charge in [0.05, 0.1) is 42.8 Å². The number of aromatic nitrogens is 2. The quantitative estimate of drug-likeness (QED) is 0.860. The van der Waals surface area contributed by atoms with Gasteiger partial charge < -0.3 is 14.6 Å². The van der Waals surface area contributed by atoms with Crippen molar-refractivity contribution in [2.75, 3.05) is 13.2 Å². The van der Waals surface area contributed by atoms with E-state index in [0.29, 0.717) is 26.1 Å². The summed E-state index contributed by atoms with van der Waals surface area (Å²) in [6.07, 6.45) is 4.03. The van der Waals surface area contributed by atoms with Crippen LogP contribution in [-0.4, -0.2) is 56.8 Å². The van der Waals surface area contributed by atoms with E-state index in [1.807, 2.05) is 57.3 Å². The summed E-state index contributed by atoms with van der Waals surface area (Å²) < 4.78 is 13.0. The van der Waals surface area contributed by atoms with Crippen LogP contribution in [0.1, 0.15) is 39.2 Å². The number of nitrogens with zero attached hydrogens (tertiary/aromatic N) is 3. The van der Waals surface area contributed by atoms with E-state index in [2.05, 4.69) is 5.10 Å². The molecule has 2 aromatic rings. The molecular weight excluding hydrogens is 358 g/mol. The van der Waals surface area contributed by atoms with E-state index in [1.165, 1.54) is 0 Å². The van der Waals surface area contributed by atoms with Crippen LogP contribution >= 0.6 is 0 Å². The second-order valence-corrected chi connectivity index (χ2v) is 8.68. The Labute approximate surface area is 164 Å². The number of morpholine rings is 1. The van der Waals surface area contributed by atoms with Gasteiger partial charge >= 0.3 is 6.09 Å². The zero-order valence-corrected chi connectivity index (χ0v) is 16.5. The van der Waals surface area contributed by atoms with Crippen molar-refractivity contribution in [2.24, 2.45) is 0 Å². The molecule has 1 aromatic carbocycles. The molecule has 2 unspecified atom stereocenters. The summed E-state index contributed by atoms with van der Waals surface area (Å²) in [5.41, 5.74) is 0.0886. The van der Waals surface area contributed by atoms with E-state index in [0.717, 1.165) is 11.3 Å². The molecule has 7 nitrogen and oxygen atoms in total. The summed E-state index contributed by atoms with van der Waals surface area (Å²) in [6.45, 7) is 6.36. The van der Waals surface area contributed by atoms with E-state index in [9.17, 15) is 9.90 Å². The predicted octanol–water partition coefficient (Wildman–Crippen LogP) is 2.86. The lowest BCUT2D eigenvalue weighted by molar-refractivity contribution is -0.141. The van der Waals surface area contributed by atoms with Gasteiger partial charge in [-0.3, -0.25) is 4.90 Å². The third kappa shape index (κ3) is 3.64. The zero-order valence-electron chi connectivity index (χ0n) is 16.5. The van der Waals surface area contributed by atoms with Crippen LogP contribution in [-0.2, 0) is 15.1 Å². The van der Waals surface area contributed by atoms with Gasteiger partial charge in [0.2, 0.25) is 0 Å². The van der Waals surface area contributed by atoms with E-state index in [1.54, 1.807) is 15.8 Å². The van der Waals surface area contributed by atoms with Crippen molar-refractivity contribution in [2.45, 2.75) is 56.9 Å². The average Bonchev–Trinajstić information content (AvgIpc) is 3.11. The first kappa shape index (κ1) is 19.0. The zero-order chi connectivity index (χ0) is 19.9. The number of carbonyl (C=O) groups excluding carboxylic acids is 1. The number of hydrogen-bond donors (Lipinski definition) is 1. The van der Waals surface area contributed by atoms with Crippen LogP contribution in [0.25, 0.3) is 5.69 Å². The van der Waals surface area contributed by atoms with E-state index in [-0.39, 0.29) is 18.2 Å². The summed E-state index contributed by atoms with van der Waals surface area (Å²) in [5, 5.41) is 15.9. The Kier molecular flexibility index (Phi) is 4.67.